The molecule has 1 aliphatic heterocycles. The van der Waals surface area contributed by atoms with E-state index in [0.29, 0.717) is 13.2 Å². The van der Waals surface area contributed by atoms with Gasteiger partial charge in [0.05, 0.1) is 13.7 Å². The van der Waals surface area contributed by atoms with Crippen LogP contribution in [0, 0.1) is 0 Å². The third kappa shape index (κ3) is 7.65. The Kier molecular flexibility index (Phi) is 8.97. The second kappa shape index (κ2) is 11.6. The first-order valence-electron chi connectivity index (χ1n) is 9.25. The molecule has 0 aromatic heterocycles. The highest BCUT2D eigenvalue weighted by Crippen LogP contribution is 2.16. The first-order valence-corrected chi connectivity index (χ1v) is 9.25. The van der Waals surface area contributed by atoms with Crippen molar-refractivity contribution in [3.8, 4) is 11.5 Å². The lowest BCUT2D eigenvalue weighted by molar-refractivity contribution is 0.289. The van der Waals surface area contributed by atoms with Crippen LogP contribution in [0.15, 0.2) is 29.3 Å². The summed E-state index contributed by atoms with van der Waals surface area (Å²) in [6.07, 6.45) is 5.41. The molecule has 1 aromatic rings. The zero-order valence-corrected chi connectivity index (χ0v) is 15.6. The minimum atomic E-state index is 0.582. The van der Waals surface area contributed by atoms with Gasteiger partial charge in [0, 0.05) is 20.1 Å². The second-order valence-corrected chi connectivity index (χ2v) is 6.21. The van der Waals surface area contributed by atoms with E-state index < -0.39 is 0 Å². The molecule has 1 aromatic carbocycles. The van der Waals surface area contributed by atoms with Gasteiger partial charge in [-0.2, -0.15) is 0 Å². The predicted octanol–water partition coefficient (Wildman–Crippen LogP) is 2.11. The quantitative estimate of drug-likeness (QED) is 0.428. The summed E-state index contributed by atoms with van der Waals surface area (Å²) in [7, 11) is 3.46. The van der Waals surface area contributed by atoms with E-state index in [1.54, 1.807) is 14.2 Å². The molecule has 0 spiro atoms. The van der Waals surface area contributed by atoms with E-state index in [1.165, 1.54) is 38.8 Å². The van der Waals surface area contributed by atoms with Crippen molar-refractivity contribution in [2.75, 3.05) is 53.5 Å². The van der Waals surface area contributed by atoms with E-state index in [4.69, 9.17) is 9.47 Å². The van der Waals surface area contributed by atoms with Crippen molar-refractivity contribution in [3.63, 3.8) is 0 Å². The minimum absolute atomic E-state index is 0.582. The molecule has 0 unspecified atom stereocenters. The Bertz CT molecular complexity index is 497. The molecule has 140 valence electrons. The summed E-state index contributed by atoms with van der Waals surface area (Å²) in [5, 5.41) is 6.66. The van der Waals surface area contributed by atoms with Crippen LogP contribution < -0.4 is 20.1 Å². The fraction of sp³-hybridized carbons (Fsp3) is 0.632. The van der Waals surface area contributed by atoms with Gasteiger partial charge < -0.3 is 25.0 Å². The lowest BCUT2D eigenvalue weighted by Crippen LogP contribution is -2.43. The molecular formula is C19H32N4O2. The van der Waals surface area contributed by atoms with Crippen molar-refractivity contribution in [1.29, 1.82) is 0 Å². The summed E-state index contributed by atoms with van der Waals surface area (Å²) in [4.78, 5) is 6.80. The van der Waals surface area contributed by atoms with E-state index in [2.05, 4.69) is 20.5 Å². The van der Waals surface area contributed by atoms with Gasteiger partial charge in [0.1, 0.15) is 18.1 Å². The molecule has 0 amide bonds. The molecule has 1 saturated heterocycles. The molecule has 0 atom stereocenters. The second-order valence-electron chi connectivity index (χ2n) is 6.21. The first-order chi connectivity index (χ1) is 12.3. The number of ether oxygens (including phenoxy) is 2. The standard InChI is InChI=1S/C19H32N4O2/c1-20-19(21-11-15-23-13-5-3-4-6-14-23)22-12-16-25-18-9-7-17(24-2)8-10-18/h7-10H,3-6,11-16H2,1-2H3,(H2,20,21,22). The Labute approximate surface area is 151 Å². The number of benzene rings is 1. The highest BCUT2D eigenvalue weighted by molar-refractivity contribution is 5.79. The number of aliphatic imine (C=N–C) groups is 1. The molecule has 0 radical (unpaired) electrons. The summed E-state index contributed by atoms with van der Waals surface area (Å²) in [6, 6.07) is 7.61. The summed E-state index contributed by atoms with van der Waals surface area (Å²) in [5.41, 5.74) is 0. The van der Waals surface area contributed by atoms with Crippen LogP contribution in [-0.2, 0) is 0 Å². The molecule has 6 nitrogen and oxygen atoms in total. The van der Waals surface area contributed by atoms with E-state index in [-0.39, 0.29) is 0 Å². The lowest BCUT2D eigenvalue weighted by Gasteiger charge is -2.20. The summed E-state index contributed by atoms with van der Waals surface area (Å²) >= 11 is 0. The maximum atomic E-state index is 5.70. The van der Waals surface area contributed by atoms with Gasteiger partial charge in [0.25, 0.3) is 0 Å². The monoisotopic (exact) mass is 348 g/mol. The molecule has 2 rings (SSSR count). The lowest BCUT2D eigenvalue weighted by atomic mass is 10.2. The van der Waals surface area contributed by atoms with Crippen molar-refractivity contribution >= 4 is 5.96 Å². The smallest absolute Gasteiger partial charge is 0.191 e. The van der Waals surface area contributed by atoms with Crippen LogP contribution in [-0.4, -0.2) is 64.3 Å². The van der Waals surface area contributed by atoms with Gasteiger partial charge >= 0.3 is 0 Å². The van der Waals surface area contributed by atoms with Gasteiger partial charge in [-0.3, -0.25) is 4.99 Å². The number of rotatable bonds is 8. The number of likely N-dealkylation sites (tertiary alicyclic amines) is 1. The largest absolute Gasteiger partial charge is 0.497 e. The van der Waals surface area contributed by atoms with E-state index in [1.807, 2.05) is 24.3 Å². The summed E-state index contributed by atoms with van der Waals surface area (Å²) in [6.45, 7) is 5.73. The molecule has 0 aliphatic carbocycles. The Morgan fingerprint density at radius 3 is 2.28 bits per heavy atom. The summed E-state index contributed by atoms with van der Waals surface area (Å²) in [5.74, 6) is 2.50. The molecule has 0 saturated carbocycles. The van der Waals surface area contributed by atoms with Gasteiger partial charge in [0.2, 0.25) is 0 Å². The third-order valence-electron chi connectivity index (χ3n) is 4.37. The van der Waals surface area contributed by atoms with Crippen molar-refractivity contribution < 1.29 is 9.47 Å². The molecule has 25 heavy (non-hydrogen) atoms. The van der Waals surface area contributed by atoms with Crippen LogP contribution >= 0.6 is 0 Å². The molecular weight excluding hydrogens is 316 g/mol. The Hall–Kier alpha value is -1.95. The van der Waals surface area contributed by atoms with E-state index >= 15 is 0 Å². The summed E-state index contributed by atoms with van der Waals surface area (Å²) < 4.78 is 10.8. The fourth-order valence-electron chi connectivity index (χ4n) is 2.92. The number of nitrogens with one attached hydrogen (secondary N) is 2. The molecule has 1 aliphatic rings. The number of hydrogen-bond acceptors (Lipinski definition) is 4. The zero-order chi connectivity index (χ0) is 17.7. The molecule has 0 bridgehead atoms. The topological polar surface area (TPSA) is 58.1 Å². The van der Waals surface area contributed by atoms with Gasteiger partial charge in [0.15, 0.2) is 5.96 Å². The van der Waals surface area contributed by atoms with Gasteiger partial charge in [-0.05, 0) is 50.2 Å². The van der Waals surface area contributed by atoms with Crippen molar-refractivity contribution in [2.45, 2.75) is 25.7 Å². The normalized spacial score (nSPS) is 16.2. The number of guanidine groups is 1. The maximum absolute atomic E-state index is 5.70. The Morgan fingerprint density at radius 1 is 1.00 bits per heavy atom. The van der Waals surface area contributed by atoms with Gasteiger partial charge in [-0.1, -0.05) is 12.8 Å². The highest BCUT2D eigenvalue weighted by atomic mass is 16.5. The average Bonchev–Trinajstić information content (AvgIpc) is 2.93. The number of methoxy groups -OCH3 is 1. The van der Waals surface area contributed by atoms with Crippen LogP contribution in [0.2, 0.25) is 0 Å². The van der Waals surface area contributed by atoms with Crippen LogP contribution in [0.1, 0.15) is 25.7 Å². The molecule has 1 heterocycles. The predicted molar refractivity (Wildman–Crippen MR) is 103 cm³/mol. The van der Waals surface area contributed by atoms with E-state index in [0.717, 1.165) is 30.5 Å². The van der Waals surface area contributed by atoms with Gasteiger partial charge in [-0.15, -0.1) is 0 Å². The molecule has 6 heteroatoms. The van der Waals surface area contributed by atoms with Crippen molar-refractivity contribution in [2.24, 2.45) is 4.99 Å². The average molecular weight is 348 g/mol. The van der Waals surface area contributed by atoms with Crippen LogP contribution in [0.25, 0.3) is 0 Å². The van der Waals surface area contributed by atoms with Crippen LogP contribution in [0.3, 0.4) is 0 Å². The molecule has 1 fully saturated rings. The highest BCUT2D eigenvalue weighted by Gasteiger charge is 2.08. The van der Waals surface area contributed by atoms with Gasteiger partial charge in [-0.25, -0.2) is 0 Å². The fourth-order valence-corrected chi connectivity index (χ4v) is 2.92. The van der Waals surface area contributed by atoms with Crippen LogP contribution in [0.4, 0.5) is 0 Å². The Morgan fingerprint density at radius 2 is 1.64 bits per heavy atom. The minimum Gasteiger partial charge on any atom is -0.497 e. The maximum Gasteiger partial charge on any atom is 0.191 e. The number of hydrogen-bond donors (Lipinski definition) is 2. The number of nitrogens with zero attached hydrogens (tertiary/aromatic N) is 2. The van der Waals surface area contributed by atoms with Crippen molar-refractivity contribution in [1.82, 2.24) is 15.5 Å². The van der Waals surface area contributed by atoms with E-state index in [9.17, 15) is 0 Å². The first kappa shape index (κ1) is 19.4. The zero-order valence-electron chi connectivity index (χ0n) is 15.6. The SMILES string of the molecule is CN=C(NCCOc1ccc(OC)cc1)NCCN1CCCCCC1. The molecule has 2 N–H and O–H groups in total. The van der Waals surface area contributed by atoms with Crippen LogP contribution in [0.5, 0.6) is 11.5 Å². The van der Waals surface area contributed by atoms with Crippen molar-refractivity contribution in [3.05, 3.63) is 24.3 Å². The Balaban J connectivity index is 1.58. The third-order valence-corrected chi connectivity index (χ3v) is 4.37.